The summed E-state index contributed by atoms with van der Waals surface area (Å²) in [5.41, 5.74) is 1.34. The van der Waals surface area contributed by atoms with E-state index in [1.54, 1.807) is 19.1 Å². The Bertz CT molecular complexity index is 420. The maximum atomic E-state index is 12.8. The summed E-state index contributed by atoms with van der Waals surface area (Å²) in [4.78, 5) is 2.02. The summed E-state index contributed by atoms with van der Waals surface area (Å²) < 4.78 is 25.7. The molecule has 1 heterocycles. The van der Waals surface area contributed by atoms with Gasteiger partial charge in [0.1, 0.15) is 5.75 Å². The highest BCUT2D eigenvalue weighted by molar-refractivity contribution is 5.41. The first-order valence-corrected chi connectivity index (χ1v) is 6.61. The van der Waals surface area contributed by atoms with E-state index < -0.39 is 12.5 Å². The average molecular weight is 270 g/mol. The van der Waals surface area contributed by atoms with Gasteiger partial charge in [0, 0.05) is 44.2 Å². The van der Waals surface area contributed by atoms with Gasteiger partial charge in [0.15, 0.2) is 0 Å². The molecule has 1 fully saturated rings. The van der Waals surface area contributed by atoms with Gasteiger partial charge in [0.2, 0.25) is 6.43 Å². The normalized spacial score (nSPS) is 18.7. The van der Waals surface area contributed by atoms with Gasteiger partial charge in [0.05, 0.1) is 0 Å². The summed E-state index contributed by atoms with van der Waals surface area (Å²) in [5, 5.41) is 13.3. The number of rotatable bonds is 4. The van der Waals surface area contributed by atoms with Crippen molar-refractivity contribution >= 4 is 0 Å². The number of phenols is 1. The first-order valence-electron chi connectivity index (χ1n) is 6.61. The van der Waals surface area contributed by atoms with Crippen molar-refractivity contribution in [2.75, 3.05) is 26.2 Å². The summed E-state index contributed by atoms with van der Waals surface area (Å²) in [6.07, 6.45) is -2.61. The number of hydrogen-bond acceptors (Lipinski definition) is 3. The van der Waals surface area contributed by atoms with Gasteiger partial charge in [0.25, 0.3) is 0 Å². The third-order valence-corrected chi connectivity index (χ3v) is 3.62. The minimum Gasteiger partial charge on any atom is -0.507 e. The van der Waals surface area contributed by atoms with E-state index in [9.17, 15) is 13.9 Å². The molecule has 19 heavy (non-hydrogen) atoms. The van der Waals surface area contributed by atoms with Crippen LogP contribution in [-0.4, -0.2) is 42.6 Å². The first-order chi connectivity index (χ1) is 9.09. The van der Waals surface area contributed by atoms with Crippen LogP contribution in [0.25, 0.3) is 0 Å². The van der Waals surface area contributed by atoms with Crippen LogP contribution in [0.3, 0.4) is 0 Å². The van der Waals surface area contributed by atoms with Crippen molar-refractivity contribution in [1.29, 1.82) is 0 Å². The molecule has 0 unspecified atom stereocenters. The van der Waals surface area contributed by atoms with Gasteiger partial charge in [-0.05, 0) is 12.5 Å². The fourth-order valence-corrected chi connectivity index (χ4v) is 2.59. The van der Waals surface area contributed by atoms with Crippen molar-refractivity contribution in [3.8, 4) is 5.75 Å². The van der Waals surface area contributed by atoms with Crippen LogP contribution < -0.4 is 5.32 Å². The Hall–Kier alpha value is -1.20. The smallest absolute Gasteiger partial charge is 0.240 e. The van der Waals surface area contributed by atoms with Crippen LogP contribution in [0, 0.1) is 6.92 Å². The van der Waals surface area contributed by atoms with E-state index in [0.717, 1.165) is 31.7 Å². The number of aromatic hydroxyl groups is 1. The van der Waals surface area contributed by atoms with Crippen LogP contribution in [0.5, 0.6) is 5.75 Å². The van der Waals surface area contributed by atoms with E-state index in [2.05, 4.69) is 5.32 Å². The molecule has 0 saturated carbocycles. The average Bonchev–Trinajstić information content (AvgIpc) is 2.40. The predicted molar refractivity (Wildman–Crippen MR) is 70.6 cm³/mol. The SMILES string of the molecule is Cc1cccc([C@H](CC(F)F)N2CCNCC2)c1O. The van der Waals surface area contributed by atoms with Gasteiger partial charge in [-0.2, -0.15) is 0 Å². The lowest BCUT2D eigenvalue weighted by molar-refractivity contribution is 0.0729. The number of para-hydroxylation sites is 1. The lowest BCUT2D eigenvalue weighted by Crippen LogP contribution is -2.45. The minimum absolute atomic E-state index is 0.145. The molecule has 1 aliphatic rings. The Labute approximate surface area is 112 Å². The number of nitrogens with zero attached hydrogens (tertiary/aromatic N) is 1. The highest BCUT2D eigenvalue weighted by Gasteiger charge is 2.27. The van der Waals surface area contributed by atoms with Crippen LogP contribution >= 0.6 is 0 Å². The van der Waals surface area contributed by atoms with Crippen LogP contribution in [0.15, 0.2) is 18.2 Å². The molecule has 2 N–H and O–H groups in total. The van der Waals surface area contributed by atoms with Crippen LogP contribution in [0.2, 0.25) is 0 Å². The topological polar surface area (TPSA) is 35.5 Å². The molecule has 1 aromatic carbocycles. The molecule has 1 saturated heterocycles. The molecule has 0 radical (unpaired) electrons. The molecular formula is C14H20F2N2O. The number of alkyl halides is 2. The van der Waals surface area contributed by atoms with Crippen molar-refractivity contribution in [1.82, 2.24) is 10.2 Å². The zero-order valence-corrected chi connectivity index (χ0v) is 11.1. The first kappa shape index (κ1) is 14.2. The number of phenolic OH excluding ortho intramolecular Hbond substituents is 1. The van der Waals surface area contributed by atoms with Gasteiger partial charge in [-0.25, -0.2) is 8.78 Å². The summed E-state index contributed by atoms with van der Waals surface area (Å²) in [6, 6.07) is 4.93. The molecule has 1 aromatic rings. The second-order valence-electron chi connectivity index (χ2n) is 4.94. The lowest BCUT2D eigenvalue weighted by Gasteiger charge is -2.35. The lowest BCUT2D eigenvalue weighted by atomic mass is 9.98. The number of nitrogens with one attached hydrogen (secondary N) is 1. The van der Waals surface area contributed by atoms with E-state index in [1.165, 1.54) is 0 Å². The molecule has 0 bridgehead atoms. The van der Waals surface area contributed by atoms with E-state index in [4.69, 9.17) is 0 Å². The maximum absolute atomic E-state index is 12.8. The molecule has 0 aliphatic carbocycles. The van der Waals surface area contributed by atoms with Crippen LogP contribution in [0.4, 0.5) is 8.78 Å². The Kier molecular flexibility index (Phi) is 4.71. The number of hydrogen-bond donors (Lipinski definition) is 2. The molecule has 5 heteroatoms. The van der Waals surface area contributed by atoms with Gasteiger partial charge >= 0.3 is 0 Å². The fourth-order valence-electron chi connectivity index (χ4n) is 2.59. The van der Waals surface area contributed by atoms with Crippen LogP contribution in [-0.2, 0) is 0 Å². The van der Waals surface area contributed by atoms with Gasteiger partial charge in [-0.3, -0.25) is 4.90 Å². The summed E-state index contributed by atoms with van der Waals surface area (Å²) in [6.45, 7) is 4.84. The monoisotopic (exact) mass is 270 g/mol. The zero-order chi connectivity index (χ0) is 13.8. The molecule has 1 atom stereocenters. The van der Waals surface area contributed by atoms with Gasteiger partial charge < -0.3 is 10.4 Å². The Morgan fingerprint density at radius 2 is 2.00 bits per heavy atom. The summed E-state index contributed by atoms with van der Waals surface area (Å²) in [7, 11) is 0. The fraction of sp³-hybridized carbons (Fsp3) is 0.571. The molecule has 1 aliphatic heterocycles. The Balaban J connectivity index is 2.27. The molecular weight excluding hydrogens is 250 g/mol. The van der Waals surface area contributed by atoms with E-state index >= 15 is 0 Å². The molecule has 0 aromatic heterocycles. The van der Waals surface area contributed by atoms with Crippen molar-refractivity contribution in [3.05, 3.63) is 29.3 Å². The van der Waals surface area contributed by atoms with E-state index in [0.29, 0.717) is 5.56 Å². The molecule has 3 nitrogen and oxygen atoms in total. The van der Waals surface area contributed by atoms with Crippen LogP contribution in [0.1, 0.15) is 23.6 Å². The number of halogens is 2. The maximum Gasteiger partial charge on any atom is 0.240 e. The van der Waals surface area contributed by atoms with Crippen molar-refractivity contribution < 1.29 is 13.9 Å². The standard InChI is InChI=1S/C14H20F2N2O/c1-10-3-2-4-11(14(10)19)12(9-13(15)16)18-7-5-17-6-8-18/h2-4,12-13,17,19H,5-9H2,1H3/t12-/m0/s1. The van der Waals surface area contributed by atoms with Crippen molar-refractivity contribution in [3.63, 3.8) is 0 Å². The van der Waals surface area contributed by atoms with Gasteiger partial charge in [-0.15, -0.1) is 0 Å². The van der Waals surface area contributed by atoms with Crippen molar-refractivity contribution in [2.45, 2.75) is 25.8 Å². The molecule has 2 rings (SSSR count). The predicted octanol–water partition coefficient (Wildman–Crippen LogP) is 2.30. The number of piperazine rings is 1. The highest BCUT2D eigenvalue weighted by Crippen LogP contribution is 2.34. The summed E-state index contributed by atoms with van der Waals surface area (Å²) in [5.74, 6) is 0.145. The highest BCUT2D eigenvalue weighted by atomic mass is 19.3. The number of aryl methyl sites for hydroxylation is 1. The molecule has 0 spiro atoms. The largest absolute Gasteiger partial charge is 0.507 e. The molecule has 106 valence electrons. The Morgan fingerprint density at radius 3 is 2.63 bits per heavy atom. The van der Waals surface area contributed by atoms with Crippen molar-refractivity contribution in [2.24, 2.45) is 0 Å². The number of benzene rings is 1. The van der Waals surface area contributed by atoms with Gasteiger partial charge in [-0.1, -0.05) is 18.2 Å². The van der Waals surface area contributed by atoms with E-state index in [1.807, 2.05) is 11.0 Å². The second kappa shape index (κ2) is 6.30. The Morgan fingerprint density at radius 1 is 1.32 bits per heavy atom. The quantitative estimate of drug-likeness (QED) is 0.881. The zero-order valence-electron chi connectivity index (χ0n) is 11.1. The third kappa shape index (κ3) is 3.42. The minimum atomic E-state index is -2.38. The molecule has 0 amide bonds. The second-order valence-corrected chi connectivity index (χ2v) is 4.94. The summed E-state index contributed by atoms with van der Waals surface area (Å²) >= 11 is 0. The van der Waals surface area contributed by atoms with E-state index in [-0.39, 0.29) is 12.2 Å². The third-order valence-electron chi connectivity index (χ3n) is 3.62.